The van der Waals surface area contributed by atoms with Crippen molar-refractivity contribution in [2.75, 3.05) is 20.3 Å². The van der Waals surface area contributed by atoms with Gasteiger partial charge in [-0.05, 0) is 36.2 Å². The lowest BCUT2D eigenvalue weighted by Crippen LogP contribution is -2.34. The average molecular weight is 367 g/mol. The van der Waals surface area contributed by atoms with Crippen LogP contribution in [0.25, 0.3) is 11.0 Å². The monoisotopic (exact) mass is 367 g/mol. The molecule has 1 aliphatic rings. The van der Waals surface area contributed by atoms with Crippen molar-refractivity contribution in [3.05, 3.63) is 53.3 Å². The molecule has 1 aromatic heterocycles. The summed E-state index contributed by atoms with van der Waals surface area (Å²) in [5.41, 5.74) is 3.13. The molecule has 1 atom stereocenters. The number of H-pyrrole nitrogens is 1. The van der Waals surface area contributed by atoms with E-state index in [1.807, 2.05) is 18.2 Å². The Kier molecular flexibility index (Phi) is 4.68. The number of carbonyl (C=O) groups excluding carboxylic acids is 1. The lowest BCUT2D eigenvalue weighted by Gasteiger charge is -2.25. The Morgan fingerprint density at radius 1 is 1.37 bits per heavy atom. The predicted octanol–water partition coefficient (Wildman–Crippen LogP) is 2.04. The van der Waals surface area contributed by atoms with Gasteiger partial charge in [0.15, 0.2) is 0 Å². The number of hydrogen-bond donors (Lipinski definition) is 3. The molecule has 7 heteroatoms. The number of nitrogens with zero attached hydrogens (tertiary/aromatic N) is 1. The van der Waals surface area contributed by atoms with Crippen LogP contribution in [-0.2, 0) is 13.0 Å². The minimum Gasteiger partial charge on any atom is -0.497 e. The minimum atomic E-state index is -0.161. The van der Waals surface area contributed by atoms with E-state index in [4.69, 9.17) is 14.6 Å². The van der Waals surface area contributed by atoms with E-state index in [0.29, 0.717) is 24.5 Å². The number of carbonyl (C=O) groups is 1. The third kappa shape index (κ3) is 3.59. The second-order valence-corrected chi connectivity index (χ2v) is 6.64. The standard InChI is InChI=1S/C20H21N3O4/c1-26-15-4-2-13-6-12(11-27-18(13)8-15)9-21-20(25)14-3-5-16-17(7-14)23-19(10-24)22-16/h2-5,7-8,12,24H,6,9-11H2,1H3,(H,21,25)(H,22,23). The zero-order chi connectivity index (χ0) is 18.8. The fraction of sp³-hybridized carbons (Fsp3) is 0.300. The molecular formula is C20H21N3O4. The number of rotatable bonds is 5. The number of amides is 1. The highest BCUT2D eigenvalue weighted by atomic mass is 16.5. The fourth-order valence-corrected chi connectivity index (χ4v) is 3.29. The molecule has 2 heterocycles. The van der Waals surface area contributed by atoms with Crippen LogP contribution >= 0.6 is 0 Å². The maximum atomic E-state index is 12.5. The molecule has 7 nitrogen and oxygen atoms in total. The van der Waals surface area contributed by atoms with Gasteiger partial charge in [-0.3, -0.25) is 4.79 Å². The quantitative estimate of drug-likeness (QED) is 0.641. The Labute approximate surface area is 156 Å². The van der Waals surface area contributed by atoms with Crippen molar-refractivity contribution in [1.82, 2.24) is 15.3 Å². The van der Waals surface area contributed by atoms with Gasteiger partial charge in [0, 0.05) is 24.1 Å². The van der Waals surface area contributed by atoms with Gasteiger partial charge in [-0.15, -0.1) is 0 Å². The van der Waals surface area contributed by atoms with Crippen molar-refractivity contribution in [2.24, 2.45) is 5.92 Å². The number of methoxy groups -OCH3 is 1. The van der Waals surface area contributed by atoms with Gasteiger partial charge in [0.25, 0.3) is 5.91 Å². The molecule has 0 bridgehead atoms. The largest absolute Gasteiger partial charge is 0.497 e. The first kappa shape index (κ1) is 17.4. The topological polar surface area (TPSA) is 96.5 Å². The molecular weight excluding hydrogens is 346 g/mol. The Balaban J connectivity index is 1.39. The molecule has 3 N–H and O–H groups in total. The summed E-state index contributed by atoms with van der Waals surface area (Å²) in [5, 5.41) is 12.1. The Hall–Kier alpha value is -3.06. The summed E-state index contributed by atoms with van der Waals surface area (Å²) in [6.45, 7) is 0.929. The average Bonchev–Trinajstić information content (AvgIpc) is 3.13. The van der Waals surface area contributed by atoms with Crippen molar-refractivity contribution in [3.63, 3.8) is 0 Å². The van der Waals surface area contributed by atoms with Gasteiger partial charge >= 0.3 is 0 Å². The Morgan fingerprint density at radius 2 is 2.26 bits per heavy atom. The van der Waals surface area contributed by atoms with Crippen LogP contribution in [0, 0.1) is 5.92 Å². The van der Waals surface area contributed by atoms with E-state index in [1.165, 1.54) is 0 Å². The number of ether oxygens (including phenoxy) is 2. The zero-order valence-electron chi connectivity index (χ0n) is 15.0. The summed E-state index contributed by atoms with van der Waals surface area (Å²) in [4.78, 5) is 19.7. The number of benzene rings is 2. The summed E-state index contributed by atoms with van der Waals surface area (Å²) in [6.07, 6.45) is 0.846. The molecule has 27 heavy (non-hydrogen) atoms. The highest BCUT2D eigenvalue weighted by Crippen LogP contribution is 2.30. The Morgan fingerprint density at radius 3 is 3.07 bits per heavy atom. The molecule has 0 aliphatic carbocycles. The zero-order valence-corrected chi connectivity index (χ0v) is 15.0. The maximum Gasteiger partial charge on any atom is 0.251 e. The van der Waals surface area contributed by atoms with Gasteiger partial charge < -0.3 is 24.9 Å². The number of hydrogen-bond acceptors (Lipinski definition) is 5. The third-order valence-corrected chi connectivity index (χ3v) is 4.75. The summed E-state index contributed by atoms with van der Waals surface area (Å²) in [6, 6.07) is 11.1. The third-order valence-electron chi connectivity index (χ3n) is 4.75. The minimum absolute atomic E-state index is 0.141. The number of imidazole rings is 1. The molecule has 0 saturated carbocycles. The van der Waals surface area contributed by atoms with E-state index in [0.717, 1.165) is 34.5 Å². The van der Waals surface area contributed by atoms with E-state index in [1.54, 1.807) is 25.3 Å². The van der Waals surface area contributed by atoms with Gasteiger partial charge in [-0.25, -0.2) is 4.98 Å². The lowest BCUT2D eigenvalue weighted by molar-refractivity contribution is 0.0939. The van der Waals surface area contributed by atoms with Crippen molar-refractivity contribution >= 4 is 16.9 Å². The normalized spacial score (nSPS) is 15.9. The van der Waals surface area contributed by atoms with Crippen LogP contribution in [0.15, 0.2) is 36.4 Å². The van der Waals surface area contributed by atoms with E-state index in [9.17, 15) is 4.79 Å². The van der Waals surface area contributed by atoms with Crippen LogP contribution in [0.3, 0.4) is 0 Å². The molecule has 2 aromatic carbocycles. The van der Waals surface area contributed by atoms with E-state index in [-0.39, 0.29) is 18.4 Å². The molecule has 0 spiro atoms. The number of nitrogens with one attached hydrogen (secondary N) is 2. The summed E-state index contributed by atoms with van der Waals surface area (Å²) < 4.78 is 11.0. The molecule has 0 radical (unpaired) electrons. The first-order valence-electron chi connectivity index (χ1n) is 8.83. The molecule has 0 fully saturated rings. The van der Waals surface area contributed by atoms with Crippen LogP contribution < -0.4 is 14.8 Å². The van der Waals surface area contributed by atoms with Gasteiger partial charge in [0.2, 0.25) is 0 Å². The van der Waals surface area contributed by atoms with Crippen LogP contribution in [0.4, 0.5) is 0 Å². The van der Waals surface area contributed by atoms with Crippen molar-refractivity contribution in [1.29, 1.82) is 0 Å². The number of aliphatic hydroxyl groups excluding tert-OH is 1. The van der Waals surface area contributed by atoms with Crippen molar-refractivity contribution in [3.8, 4) is 11.5 Å². The first-order valence-corrected chi connectivity index (χ1v) is 8.83. The molecule has 3 aromatic rings. The molecule has 0 saturated heterocycles. The summed E-state index contributed by atoms with van der Waals surface area (Å²) in [5.74, 6) is 2.18. The molecule has 1 amide bonds. The molecule has 140 valence electrons. The fourth-order valence-electron chi connectivity index (χ4n) is 3.29. The van der Waals surface area contributed by atoms with Gasteiger partial charge in [-0.1, -0.05) is 6.07 Å². The number of aliphatic hydroxyl groups is 1. The van der Waals surface area contributed by atoms with Crippen LogP contribution in [0.1, 0.15) is 21.7 Å². The highest BCUT2D eigenvalue weighted by Gasteiger charge is 2.21. The highest BCUT2D eigenvalue weighted by molar-refractivity contribution is 5.97. The number of aromatic nitrogens is 2. The summed E-state index contributed by atoms with van der Waals surface area (Å²) in [7, 11) is 1.63. The number of fused-ring (bicyclic) bond motifs is 2. The first-order chi connectivity index (χ1) is 13.2. The van der Waals surface area contributed by atoms with Gasteiger partial charge in [-0.2, -0.15) is 0 Å². The second kappa shape index (κ2) is 7.28. The van der Waals surface area contributed by atoms with Crippen LogP contribution in [0.5, 0.6) is 11.5 Å². The van der Waals surface area contributed by atoms with Crippen LogP contribution in [-0.4, -0.2) is 41.2 Å². The van der Waals surface area contributed by atoms with E-state index >= 15 is 0 Å². The maximum absolute atomic E-state index is 12.5. The van der Waals surface area contributed by atoms with Gasteiger partial charge in [0.1, 0.15) is 23.9 Å². The van der Waals surface area contributed by atoms with E-state index in [2.05, 4.69) is 15.3 Å². The Bertz CT molecular complexity index is 983. The van der Waals surface area contributed by atoms with Crippen LogP contribution in [0.2, 0.25) is 0 Å². The SMILES string of the molecule is COc1ccc2c(c1)OCC(CNC(=O)c1ccc3nc(CO)[nH]c3c1)C2. The van der Waals surface area contributed by atoms with Crippen molar-refractivity contribution in [2.45, 2.75) is 13.0 Å². The number of aromatic amines is 1. The predicted molar refractivity (Wildman–Crippen MR) is 100 cm³/mol. The summed E-state index contributed by atoms with van der Waals surface area (Å²) >= 11 is 0. The molecule has 4 rings (SSSR count). The van der Waals surface area contributed by atoms with Crippen molar-refractivity contribution < 1.29 is 19.4 Å². The molecule has 1 unspecified atom stereocenters. The smallest absolute Gasteiger partial charge is 0.251 e. The lowest BCUT2D eigenvalue weighted by atomic mass is 9.96. The van der Waals surface area contributed by atoms with Gasteiger partial charge in [0.05, 0.1) is 24.8 Å². The molecule has 1 aliphatic heterocycles. The van der Waals surface area contributed by atoms with E-state index < -0.39 is 0 Å². The second-order valence-electron chi connectivity index (χ2n) is 6.64.